The lowest BCUT2D eigenvalue weighted by molar-refractivity contribution is -0.155. The van der Waals surface area contributed by atoms with Gasteiger partial charge in [0.1, 0.15) is 0 Å². The molecule has 2 heterocycles. The van der Waals surface area contributed by atoms with Gasteiger partial charge in [-0.1, -0.05) is 37.3 Å². The molecule has 0 saturated carbocycles. The van der Waals surface area contributed by atoms with Crippen molar-refractivity contribution in [3.63, 3.8) is 0 Å². The van der Waals surface area contributed by atoms with Gasteiger partial charge in [0.05, 0.1) is 19.1 Å². The summed E-state index contributed by atoms with van der Waals surface area (Å²) in [4.78, 5) is 42.7. The van der Waals surface area contributed by atoms with Crippen molar-refractivity contribution >= 4 is 17.7 Å². The first-order valence-corrected chi connectivity index (χ1v) is 9.61. The highest BCUT2D eigenvalue weighted by Crippen LogP contribution is 2.22. The molecule has 2 aliphatic heterocycles. The van der Waals surface area contributed by atoms with Gasteiger partial charge >= 0.3 is 11.8 Å². The van der Waals surface area contributed by atoms with Crippen LogP contribution < -0.4 is 0 Å². The fourth-order valence-electron chi connectivity index (χ4n) is 3.63. The van der Waals surface area contributed by atoms with E-state index < -0.39 is 11.8 Å². The average molecular weight is 373 g/mol. The molecule has 2 aliphatic rings. The highest BCUT2D eigenvalue weighted by atomic mass is 16.5. The van der Waals surface area contributed by atoms with Crippen molar-refractivity contribution in [1.82, 2.24) is 14.7 Å². The number of rotatable bonds is 3. The smallest absolute Gasteiger partial charge is 0.312 e. The molecule has 7 heteroatoms. The summed E-state index contributed by atoms with van der Waals surface area (Å²) in [5.41, 5.74) is 1.02. The van der Waals surface area contributed by atoms with E-state index in [0.29, 0.717) is 52.5 Å². The van der Waals surface area contributed by atoms with Crippen LogP contribution in [0.15, 0.2) is 30.3 Å². The number of nitrogens with zero attached hydrogens (tertiary/aromatic N) is 3. The molecule has 0 N–H and O–H groups in total. The predicted molar refractivity (Wildman–Crippen MR) is 100 cm³/mol. The highest BCUT2D eigenvalue weighted by Gasteiger charge is 2.33. The Hall–Kier alpha value is -2.41. The van der Waals surface area contributed by atoms with Crippen LogP contribution in [0.4, 0.5) is 0 Å². The third-order valence-electron chi connectivity index (χ3n) is 5.27. The van der Waals surface area contributed by atoms with Crippen molar-refractivity contribution < 1.29 is 19.1 Å². The quantitative estimate of drug-likeness (QED) is 0.732. The van der Waals surface area contributed by atoms with Gasteiger partial charge in [0.15, 0.2) is 0 Å². The van der Waals surface area contributed by atoms with Crippen molar-refractivity contribution in [3.05, 3.63) is 35.9 Å². The van der Waals surface area contributed by atoms with Gasteiger partial charge in [-0.15, -0.1) is 0 Å². The number of hydrogen-bond acceptors (Lipinski definition) is 4. The third kappa shape index (κ3) is 4.47. The number of morpholine rings is 1. The van der Waals surface area contributed by atoms with E-state index in [4.69, 9.17) is 4.74 Å². The lowest BCUT2D eigenvalue weighted by Gasteiger charge is -2.37. The van der Waals surface area contributed by atoms with Gasteiger partial charge in [0.2, 0.25) is 5.91 Å². The predicted octanol–water partition coefficient (Wildman–Crippen LogP) is 0.710. The van der Waals surface area contributed by atoms with Crippen LogP contribution in [0.2, 0.25) is 0 Å². The van der Waals surface area contributed by atoms with E-state index in [-0.39, 0.29) is 11.8 Å². The topological polar surface area (TPSA) is 70.2 Å². The van der Waals surface area contributed by atoms with Crippen LogP contribution in [0.3, 0.4) is 0 Å². The summed E-state index contributed by atoms with van der Waals surface area (Å²) >= 11 is 0. The Kier molecular flexibility index (Phi) is 6.45. The molecular formula is C20H27N3O4. The number of carbonyl (C=O) groups is 3. The zero-order chi connectivity index (χ0) is 19.2. The van der Waals surface area contributed by atoms with Crippen LogP contribution in [0.25, 0.3) is 0 Å². The summed E-state index contributed by atoms with van der Waals surface area (Å²) in [6, 6.07) is 9.79. The van der Waals surface area contributed by atoms with Gasteiger partial charge in [-0.25, -0.2) is 0 Å². The van der Waals surface area contributed by atoms with Crippen LogP contribution in [0.1, 0.15) is 24.8 Å². The molecule has 0 bridgehead atoms. The number of ether oxygens (including phenoxy) is 1. The zero-order valence-corrected chi connectivity index (χ0v) is 15.8. The third-order valence-corrected chi connectivity index (χ3v) is 5.27. The molecule has 1 aromatic rings. The van der Waals surface area contributed by atoms with Crippen molar-refractivity contribution in [2.45, 2.75) is 19.3 Å². The first-order valence-electron chi connectivity index (χ1n) is 9.61. The summed E-state index contributed by atoms with van der Waals surface area (Å²) in [7, 11) is 0. The molecule has 1 aromatic carbocycles. The Morgan fingerprint density at radius 2 is 1.37 bits per heavy atom. The first-order chi connectivity index (χ1) is 13.1. The van der Waals surface area contributed by atoms with Crippen LogP contribution in [-0.4, -0.2) is 84.9 Å². The van der Waals surface area contributed by atoms with Gasteiger partial charge < -0.3 is 19.4 Å². The number of carbonyl (C=O) groups excluding carboxylic acids is 3. The first kappa shape index (κ1) is 19.4. The second-order valence-electron chi connectivity index (χ2n) is 6.89. The molecule has 7 nitrogen and oxygen atoms in total. The van der Waals surface area contributed by atoms with E-state index in [2.05, 4.69) is 0 Å². The van der Waals surface area contributed by atoms with Crippen molar-refractivity contribution in [1.29, 1.82) is 0 Å². The van der Waals surface area contributed by atoms with E-state index in [1.807, 2.05) is 42.2 Å². The second kappa shape index (κ2) is 8.99. The summed E-state index contributed by atoms with van der Waals surface area (Å²) in [6.07, 6.45) is 0.734. The Bertz CT molecular complexity index is 665. The lowest BCUT2D eigenvalue weighted by atomic mass is 9.95. The van der Waals surface area contributed by atoms with E-state index in [1.54, 1.807) is 9.80 Å². The maximum absolute atomic E-state index is 12.9. The fraction of sp³-hybridized carbons (Fsp3) is 0.550. The Morgan fingerprint density at radius 1 is 0.852 bits per heavy atom. The highest BCUT2D eigenvalue weighted by molar-refractivity contribution is 6.34. The summed E-state index contributed by atoms with van der Waals surface area (Å²) < 4.78 is 5.22. The normalized spacial score (nSPS) is 18.9. The summed E-state index contributed by atoms with van der Waals surface area (Å²) in [5, 5.41) is 0. The van der Waals surface area contributed by atoms with E-state index in [1.165, 1.54) is 0 Å². The number of benzene rings is 1. The summed E-state index contributed by atoms with van der Waals surface area (Å²) in [5.74, 6) is -1.01. The summed E-state index contributed by atoms with van der Waals surface area (Å²) in [6.45, 7) is 5.58. The molecule has 27 heavy (non-hydrogen) atoms. The minimum Gasteiger partial charge on any atom is -0.378 e. The molecule has 3 amide bonds. The van der Waals surface area contributed by atoms with Crippen LogP contribution in [-0.2, 0) is 19.1 Å². The largest absolute Gasteiger partial charge is 0.378 e. The van der Waals surface area contributed by atoms with Crippen LogP contribution in [0.5, 0.6) is 0 Å². The molecule has 0 radical (unpaired) electrons. The maximum Gasteiger partial charge on any atom is 0.312 e. The molecule has 1 atom stereocenters. The SMILES string of the molecule is CCC(C(=O)N1CCN(C(=O)C(=O)N2CCOCC2)CC1)c1ccccc1. The van der Waals surface area contributed by atoms with E-state index >= 15 is 0 Å². The second-order valence-corrected chi connectivity index (χ2v) is 6.89. The van der Waals surface area contributed by atoms with Gasteiger partial charge in [0.25, 0.3) is 0 Å². The number of hydrogen-bond donors (Lipinski definition) is 0. The molecule has 0 aliphatic carbocycles. The van der Waals surface area contributed by atoms with Crippen LogP contribution >= 0.6 is 0 Å². The molecular weight excluding hydrogens is 346 g/mol. The molecule has 1 unspecified atom stereocenters. The maximum atomic E-state index is 12.9. The minimum atomic E-state index is -0.473. The molecule has 0 spiro atoms. The van der Waals surface area contributed by atoms with Gasteiger partial charge in [-0.3, -0.25) is 14.4 Å². The fourth-order valence-corrected chi connectivity index (χ4v) is 3.63. The number of piperazine rings is 1. The average Bonchev–Trinajstić information content (AvgIpc) is 2.74. The Balaban J connectivity index is 1.55. The van der Waals surface area contributed by atoms with Gasteiger partial charge in [-0.05, 0) is 12.0 Å². The minimum absolute atomic E-state index is 0.0929. The molecule has 2 saturated heterocycles. The lowest BCUT2D eigenvalue weighted by Crippen LogP contribution is -2.56. The molecule has 0 aromatic heterocycles. The van der Waals surface area contributed by atoms with Crippen LogP contribution in [0, 0.1) is 0 Å². The molecule has 3 rings (SSSR count). The van der Waals surface area contributed by atoms with Crippen molar-refractivity contribution in [2.75, 3.05) is 52.5 Å². The van der Waals surface area contributed by atoms with Gasteiger partial charge in [0, 0.05) is 39.3 Å². The van der Waals surface area contributed by atoms with Crippen molar-refractivity contribution in [2.24, 2.45) is 0 Å². The van der Waals surface area contributed by atoms with Gasteiger partial charge in [-0.2, -0.15) is 0 Å². The standard InChI is InChI=1S/C20H27N3O4/c1-2-17(16-6-4-3-5-7-16)18(24)21-8-10-22(11-9-21)19(25)20(26)23-12-14-27-15-13-23/h3-7,17H,2,8-15H2,1H3. The van der Waals surface area contributed by atoms with Crippen molar-refractivity contribution in [3.8, 4) is 0 Å². The number of amides is 3. The van der Waals surface area contributed by atoms with E-state index in [0.717, 1.165) is 12.0 Å². The molecule has 2 fully saturated rings. The van der Waals surface area contributed by atoms with E-state index in [9.17, 15) is 14.4 Å². The Morgan fingerprint density at radius 3 is 1.93 bits per heavy atom. The molecule has 146 valence electrons. The Labute approximate surface area is 159 Å². The zero-order valence-electron chi connectivity index (χ0n) is 15.8. The monoisotopic (exact) mass is 373 g/mol.